The number of amides is 9. The van der Waals surface area contributed by atoms with E-state index in [0.29, 0.717) is 17.1 Å². The van der Waals surface area contributed by atoms with Crippen LogP contribution < -0.4 is 48.1 Å². The van der Waals surface area contributed by atoms with Gasteiger partial charge in [0.05, 0.1) is 19.3 Å². The number of hydrogen-bond acceptors (Lipinski definition) is 15. The van der Waals surface area contributed by atoms with E-state index in [4.69, 9.17) is 14.9 Å². The largest absolute Gasteiger partial charge is 0.481 e. The molecular formula is C37H53N9O18S2. The van der Waals surface area contributed by atoms with Gasteiger partial charge in [-0.25, -0.2) is 29.4 Å². The lowest BCUT2D eigenvalue weighted by Crippen LogP contribution is -2.56. The van der Waals surface area contributed by atoms with Gasteiger partial charge < -0.3 is 67.5 Å². The van der Waals surface area contributed by atoms with Crippen LogP contribution in [0.25, 0.3) is 0 Å². The summed E-state index contributed by atoms with van der Waals surface area (Å²) in [5.41, 5.74) is 4.74. The lowest BCUT2D eigenvalue weighted by Gasteiger charge is -2.23. The molecule has 0 saturated heterocycles. The molecule has 0 aromatic heterocycles. The lowest BCUT2D eigenvalue weighted by molar-refractivity contribution is -0.143. The van der Waals surface area contributed by atoms with Crippen molar-refractivity contribution in [1.29, 1.82) is 0 Å². The predicted octanol–water partition coefficient (Wildman–Crippen LogP) is -0.826. The fourth-order valence-corrected chi connectivity index (χ4v) is 7.22. The number of hydrogen-bond donors (Lipinski definition) is 14. The second-order valence-electron chi connectivity index (χ2n) is 13.9. The molecule has 29 heteroatoms. The molecule has 0 aliphatic heterocycles. The first-order valence-corrected chi connectivity index (χ1v) is 22.2. The first kappa shape index (κ1) is 57.0. The number of benzene rings is 1. The first-order chi connectivity index (χ1) is 31.1. The van der Waals surface area contributed by atoms with Crippen LogP contribution in [0.3, 0.4) is 0 Å². The number of anilines is 1. The van der Waals surface area contributed by atoms with Gasteiger partial charge in [-0.05, 0) is 50.3 Å². The molecule has 0 unspecified atom stereocenters. The Morgan fingerprint density at radius 2 is 1.21 bits per heavy atom. The Bertz CT molecular complexity index is 1890. The summed E-state index contributed by atoms with van der Waals surface area (Å²) in [6, 6.07) is -2.87. The minimum Gasteiger partial charge on any atom is -0.481 e. The maximum absolute atomic E-state index is 13.1. The Kier molecular flexibility index (Phi) is 26.7. The van der Waals surface area contributed by atoms with E-state index >= 15 is 0 Å². The van der Waals surface area contributed by atoms with Crippen molar-refractivity contribution in [2.24, 2.45) is 0 Å². The van der Waals surface area contributed by atoms with Crippen molar-refractivity contribution in [2.75, 3.05) is 30.0 Å². The average Bonchev–Trinajstić information content (AvgIpc) is 3.21. The number of carbonyl (C=O) groups excluding carboxylic acids is 7. The van der Waals surface area contributed by atoms with Crippen LogP contribution >= 0.6 is 21.6 Å². The number of unbranched alkanes of at least 4 members (excludes halogenated alkanes) is 1. The highest BCUT2D eigenvalue weighted by Gasteiger charge is 2.31. The zero-order valence-corrected chi connectivity index (χ0v) is 37.2. The molecule has 0 bridgehead atoms. The number of carbonyl (C=O) groups is 12. The maximum Gasteiger partial charge on any atom is 0.426 e. The van der Waals surface area contributed by atoms with Crippen LogP contribution in [-0.2, 0) is 54.3 Å². The zero-order chi connectivity index (χ0) is 49.8. The maximum atomic E-state index is 13.1. The molecule has 9 amide bonds. The molecule has 0 aliphatic carbocycles. The molecule has 1 aromatic rings. The molecule has 0 radical (unpaired) electrons. The van der Waals surface area contributed by atoms with Crippen LogP contribution in [-0.4, -0.2) is 152 Å². The second-order valence-corrected chi connectivity index (χ2v) is 16.5. The van der Waals surface area contributed by atoms with E-state index in [1.54, 1.807) is 6.92 Å². The van der Waals surface area contributed by atoms with Gasteiger partial charge in [-0.2, -0.15) is 0 Å². The summed E-state index contributed by atoms with van der Waals surface area (Å²) in [5.74, 6) is -9.83. The van der Waals surface area contributed by atoms with E-state index in [2.05, 4.69) is 37.3 Å². The summed E-state index contributed by atoms with van der Waals surface area (Å²) in [6.45, 7) is 2.87. The van der Waals surface area contributed by atoms with Gasteiger partial charge in [0.15, 0.2) is 0 Å². The summed E-state index contributed by atoms with van der Waals surface area (Å²) in [6.07, 6.45) is -3.60. The van der Waals surface area contributed by atoms with Crippen molar-refractivity contribution in [2.45, 2.75) is 95.4 Å². The molecule has 0 spiro atoms. The van der Waals surface area contributed by atoms with E-state index in [0.717, 1.165) is 0 Å². The molecule has 0 saturated carbocycles. The van der Waals surface area contributed by atoms with Crippen molar-refractivity contribution in [3.05, 3.63) is 29.8 Å². The molecule has 366 valence electrons. The Morgan fingerprint density at radius 1 is 0.636 bits per heavy atom. The number of rotatable bonds is 30. The fraction of sp³-hybridized carbons (Fsp3) is 0.514. The van der Waals surface area contributed by atoms with Crippen molar-refractivity contribution >= 4 is 98.9 Å². The molecule has 14 N–H and O–H groups in total. The standard InChI is InChI=1S/C37H53N9O18S2/c1-19(18-66-65-14-13-64-37(63)46-45-20(2)47)39-31(55)26(17-30(53)54)42-32(56)25(16-29(51)52)41-27(48)15-21-6-8-22(9-7-21)40-35(61)38-12-4-3-5-23(33(57)58)43-36(62)44-24(34(59)60)10-11-28(49)50/h6-9,19,23-26H,3-5,10-18H2,1-2H3,(H,39,55)(H,41,48)(H,42,56)(H,45,47)(H,46,63)(H,49,50)(H,51,52)(H,53,54)(H,57,58)(H,59,60)(H2,38,40,61)(H2,43,44,62)/t19-,23+,24+,25+,26+/m1/s1. The third kappa shape index (κ3) is 26.6. The minimum absolute atomic E-state index is 0.00191. The lowest BCUT2D eigenvalue weighted by atomic mass is 10.1. The molecule has 0 aliphatic rings. The monoisotopic (exact) mass is 975 g/mol. The smallest absolute Gasteiger partial charge is 0.426 e. The fourth-order valence-electron chi connectivity index (χ4n) is 5.11. The van der Waals surface area contributed by atoms with E-state index in [1.165, 1.54) is 52.8 Å². The normalized spacial score (nSPS) is 12.8. The minimum atomic E-state index is -1.71. The number of urea groups is 2. The van der Waals surface area contributed by atoms with E-state index < -0.39 is 128 Å². The number of carboxylic acid groups (broad SMARTS) is 5. The van der Waals surface area contributed by atoms with Crippen LogP contribution in [0.5, 0.6) is 0 Å². The van der Waals surface area contributed by atoms with Gasteiger partial charge >= 0.3 is 48.0 Å². The predicted molar refractivity (Wildman–Crippen MR) is 232 cm³/mol. The molecular weight excluding hydrogens is 923 g/mol. The van der Waals surface area contributed by atoms with Gasteiger partial charge in [-0.1, -0.05) is 33.7 Å². The summed E-state index contributed by atoms with van der Waals surface area (Å²) < 4.78 is 4.85. The molecule has 66 heavy (non-hydrogen) atoms. The Morgan fingerprint density at radius 3 is 1.77 bits per heavy atom. The number of nitrogens with one attached hydrogen (secondary N) is 9. The third-order valence-corrected chi connectivity index (χ3v) is 10.8. The SMILES string of the molecule is CC(=O)NNC(=O)OCCSSC[C@@H](C)NC(=O)[C@H](CC(=O)O)NC(=O)[C@H](CC(=O)O)NC(=O)Cc1ccc(NC(=O)NCCCC[C@H](NC(=O)N[C@@H](CCC(=O)O)C(=O)O)C(=O)O)cc1. The Hall–Kier alpha value is -7.04. The summed E-state index contributed by atoms with van der Waals surface area (Å²) in [7, 11) is 2.57. The molecule has 0 heterocycles. The summed E-state index contributed by atoms with van der Waals surface area (Å²) in [5, 5.41) is 62.4. The molecule has 27 nitrogen and oxygen atoms in total. The van der Waals surface area contributed by atoms with Crippen LogP contribution in [0.4, 0.5) is 20.1 Å². The Labute approximate surface area is 383 Å². The second kappa shape index (κ2) is 30.9. The first-order valence-electron chi connectivity index (χ1n) is 19.7. The highest BCUT2D eigenvalue weighted by molar-refractivity contribution is 8.76. The quantitative estimate of drug-likeness (QED) is 0.0254. The third-order valence-electron chi connectivity index (χ3n) is 8.21. The highest BCUT2D eigenvalue weighted by atomic mass is 33.1. The van der Waals surface area contributed by atoms with Gasteiger partial charge in [0.2, 0.25) is 23.6 Å². The number of aliphatic carboxylic acids is 5. The van der Waals surface area contributed by atoms with Gasteiger partial charge in [0.25, 0.3) is 0 Å². The van der Waals surface area contributed by atoms with Crippen molar-refractivity contribution in [3.63, 3.8) is 0 Å². The van der Waals surface area contributed by atoms with Gasteiger partial charge in [0.1, 0.15) is 30.8 Å². The van der Waals surface area contributed by atoms with E-state index in [1.807, 2.05) is 10.7 Å². The molecule has 1 aromatic carbocycles. The van der Waals surface area contributed by atoms with E-state index in [9.17, 15) is 72.9 Å². The zero-order valence-electron chi connectivity index (χ0n) is 35.5. The molecule has 0 fully saturated rings. The number of ether oxygens (including phenoxy) is 1. The van der Waals surface area contributed by atoms with Crippen LogP contribution in [0.1, 0.15) is 64.4 Å². The Balaban J connectivity index is 2.63. The van der Waals surface area contributed by atoms with Crippen molar-refractivity contribution in [1.82, 2.24) is 42.8 Å². The average molecular weight is 976 g/mol. The van der Waals surface area contributed by atoms with Crippen LogP contribution in [0.2, 0.25) is 0 Å². The summed E-state index contributed by atoms with van der Waals surface area (Å²) in [4.78, 5) is 143. The summed E-state index contributed by atoms with van der Waals surface area (Å²) >= 11 is 0. The van der Waals surface area contributed by atoms with Crippen LogP contribution in [0.15, 0.2) is 24.3 Å². The topological polar surface area (TPSA) is 423 Å². The van der Waals surface area contributed by atoms with Crippen molar-refractivity contribution < 1.29 is 87.8 Å². The van der Waals surface area contributed by atoms with E-state index in [-0.39, 0.29) is 44.5 Å². The van der Waals surface area contributed by atoms with Gasteiger partial charge in [-0.15, -0.1) is 0 Å². The van der Waals surface area contributed by atoms with Gasteiger partial charge in [-0.3, -0.25) is 39.0 Å². The highest BCUT2D eigenvalue weighted by Crippen LogP contribution is 2.21. The van der Waals surface area contributed by atoms with Crippen LogP contribution in [0, 0.1) is 0 Å². The molecule has 5 atom stereocenters. The number of hydrazine groups is 1. The van der Waals surface area contributed by atoms with Crippen molar-refractivity contribution in [3.8, 4) is 0 Å². The van der Waals surface area contributed by atoms with Gasteiger partial charge in [0, 0.05) is 43.1 Å². The molecule has 1 rings (SSSR count). The number of carboxylic acids is 5.